The molecule has 1 aliphatic rings. The van der Waals surface area contributed by atoms with Gasteiger partial charge >= 0.3 is 0 Å². The number of likely N-dealkylation sites (N-methyl/N-ethyl adjacent to an activating group) is 1. The number of nitrogens with zero attached hydrogens (tertiary/aromatic N) is 3. The summed E-state index contributed by atoms with van der Waals surface area (Å²) in [6.07, 6.45) is 0. The van der Waals surface area contributed by atoms with E-state index in [0.29, 0.717) is 18.0 Å². The number of rotatable bonds is 5. The Hall–Kier alpha value is -3.19. The van der Waals surface area contributed by atoms with Gasteiger partial charge in [-0.3, -0.25) is 14.5 Å². The van der Waals surface area contributed by atoms with Crippen molar-refractivity contribution in [2.75, 3.05) is 25.1 Å². The van der Waals surface area contributed by atoms with E-state index in [4.69, 9.17) is 4.74 Å². The van der Waals surface area contributed by atoms with Gasteiger partial charge in [-0.1, -0.05) is 30.3 Å². The summed E-state index contributed by atoms with van der Waals surface area (Å²) >= 11 is 1.50. The van der Waals surface area contributed by atoms with Gasteiger partial charge < -0.3 is 9.64 Å². The maximum atomic E-state index is 12.8. The monoisotopic (exact) mass is 393 g/mol. The predicted molar refractivity (Wildman–Crippen MR) is 108 cm³/mol. The van der Waals surface area contributed by atoms with E-state index in [1.807, 2.05) is 53.9 Å². The SMILES string of the molecule is CN(Cc1ccccc1)C(=O)CN1C(=O)COc2ccc(-c3cscn3)cc21. The van der Waals surface area contributed by atoms with Crippen LogP contribution in [-0.2, 0) is 16.1 Å². The Morgan fingerprint density at radius 2 is 2.07 bits per heavy atom. The molecule has 0 aliphatic carbocycles. The van der Waals surface area contributed by atoms with Crippen LogP contribution in [0.25, 0.3) is 11.3 Å². The third kappa shape index (κ3) is 3.75. The zero-order valence-electron chi connectivity index (χ0n) is 15.4. The molecule has 0 N–H and O–H groups in total. The van der Waals surface area contributed by atoms with Crippen molar-refractivity contribution in [1.82, 2.24) is 9.88 Å². The minimum Gasteiger partial charge on any atom is -0.482 e. The number of hydrogen-bond donors (Lipinski definition) is 0. The van der Waals surface area contributed by atoms with Crippen molar-refractivity contribution >= 4 is 28.8 Å². The first-order chi connectivity index (χ1) is 13.6. The molecule has 6 nitrogen and oxygen atoms in total. The summed E-state index contributed by atoms with van der Waals surface area (Å²) in [5.74, 6) is 0.227. The zero-order valence-corrected chi connectivity index (χ0v) is 16.2. The lowest BCUT2D eigenvalue weighted by molar-refractivity contribution is -0.131. The number of ether oxygens (including phenoxy) is 1. The number of amides is 2. The summed E-state index contributed by atoms with van der Waals surface area (Å²) < 4.78 is 5.54. The van der Waals surface area contributed by atoms with E-state index in [1.165, 1.54) is 16.2 Å². The fraction of sp³-hybridized carbons (Fsp3) is 0.190. The highest BCUT2D eigenvalue weighted by Crippen LogP contribution is 2.36. The van der Waals surface area contributed by atoms with Crippen LogP contribution in [0.3, 0.4) is 0 Å². The molecular weight excluding hydrogens is 374 g/mol. The standard InChI is InChI=1S/C21H19N3O3S/c1-23(10-15-5-3-2-4-6-15)20(25)11-24-18-9-16(17-13-28-14-22-17)7-8-19(18)27-12-21(24)26/h2-9,13-14H,10-12H2,1H3. The Kier molecular flexibility index (Phi) is 5.08. The number of carbonyl (C=O) groups excluding carboxylic acids is 2. The van der Waals surface area contributed by atoms with Crippen LogP contribution in [-0.4, -0.2) is 41.9 Å². The summed E-state index contributed by atoms with van der Waals surface area (Å²) in [4.78, 5) is 32.7. The van der Waals surface area contributed by atoms with Gasteiger partial charge in [-0.25, -0.2) is 4.98 Å². The molecule has 0 unspecified atom stereocenters. The molecule has 142 valence electrons. The minimum atomic E-state index is -0.232. The number of aromatic nitrogens is 1. The number of benzene rings is 2. The van der Waals surface area contributed by atoms with E-state index in [9.17, 15) is 9.59 Å². The molecule has 0 saturated heterocycles. The molecule has 0 bridgehead atoms. The third-order valence-electron chi connectivity index (χ3n) is 4.61. The molecule has 2 heterocycles. The molecule has 28 heavy (non-hydrogen) atoms. The summed E-state index contributed by atoms with van der Waals surface area (Å²) in [5.41, 5.74) is 5.11. The van der Waals surface area contributed by atoms with Gasteiger partial charge in [0.1, 0.15) is 12.3 Å². The van der Waals surface area contributed by atoms with Gasteiger partial charge in [0.05, 0.1) is 16.9 Å². The van der Waals surface area contributed by atoms with Crippen LogP contribution in [0.1, 0.15) is 5.56 Å². The van der Waals surface area contributed by atoms with Crippen molar-refractivity contribution < 1.29 is 14.3 Å². The van der Waals surface area contributed by atoms with Gasteiger partial charge in [-0.15, -0.1) is 11.3 Å². The van der Waals surface area contributed by atoms with E-state index < -0.39 is 0 Å². The van der Waals surface area contributed by atoms with Crippen molar-refractivity contribution in [2.45, 2.75) is 6.54 Å². The van der Waals surface area contributed by atoms with Gasteiger partial charge in [0.25, 0.3) is 5.91 Å². The van der Waals surface area contributed by atoms with Crippen molar-refractivity contribution in [2.24, 2.45) is 0 Å². The van der Waals surface area contributed by atoms with Gasteiger partial charge in [-0.2, -0.15) is 0 Å². The largest absolute Gasteiger partial charge is 0.482 e. The molecular formula is C21H19N3O3S. The second-order valence-corrected chi connectivity index (χ2v) is 7.28. The van der Waals surface area contributed by atoms with Crippen LogP contribution >= 0.6 is 11.3 Å². The van der Waals surface area contributed by atoms with E-state index in [-0.39, 0.29) is 25.0 Å². The fourth-order valence-electron chi connectivity index (χ4n) is 3.09. The van der Waals surface area contributed by atoms with Gasteiger partial charge in [0, 0.05) is 24.5 Å². The van der Waals surface area contributed by atoms with Crippen LogP contribution in [0.4, 0.5) is 5.69 Å². The maximum Gasteiger partial charge on any atom is 0.265 e. The van der Waals surface area contributed by atoms with E-state index in [2.05, 4.69) is 4.98 Å². The van der Waals surface area contributed by atoms with Gasteiger partial charge in [0.15, 0.2) is 6.61 Å². The fourth-order valence-corrected chi connectivity index (χ4v) is 3.65. The van der Waals surface area contributed by atoms with Crippen LogP contribution in [0.5, 0.6) is 5.75 Å². The molecule has 0 radical (unpaired) electrons. The molecule has 2 aromatic carbocycles. The number of hydrogen-bond acceptors (Lipinski definition) is 5. The molecule has 0 saturated carbocycles. The number of thiazole rings is 1. The number of carbonyl (C=O) groups is 2. The first kappa shape index (κ1) is 18.2. The molecule has 1 aromatic heterocycles. The van der Waals surface area contributed by atoms with E-state index in [0.717, 1.165) is 16.8 Å². The first-order valence-corrected chi connectivity index (χ1v) is 9.80. The quantitative estimate of drug-likeness (QED) is 0.668. The average Bonchev–Trinajstić information content (AvgIpc) is 3.25. The summed E-state index contributed by atoms with van der Waals surface area (Å²) in [5, 5.41) is 1.94. The van der Waals surface area contributed by atoms with Crippen LogP contribution in [0, 0.1) is 0 Å². The highest BCUT2D eigenvalue weighted by atomic mass is 32.1. The van der Waals surface area contributed by atoms with Crippen molar-refractivity contribution in [3.63, 3.8) is 0 Å². The van der Waals surface area contributed by atoms with Crippen LogP contribution in [0.2, 0.25) is 0 Å². The molecule has 3 aromatic rings. The average molecular weight is 393 g/mol. The number of anilines is 1. The topological polar surface area (TPSA) is 62.7 Å². The molecule has 0 atom stereocenters. The Morgan fingerprint density at radius 3 is 2.82 bits per heavy atom. The molecule has 0 fully saturated rings. The Morgan fingerprint density at radius 1 is 1.25 bits per heavy atom. The second-order valence-electron chi connectivity index (χ2n) is 6.56. The lowest BCUT2D eigenvalue weighted by atomic mass is 10.1. The van der Waals surface area contributed by atoms with Crippen LogP contribution < -0.4 is 9.64 Å². The van der Waals surface area contributed by atoms with Crippen molar-refractivity contribution in [1.29, 1.82) is 0 Å². The predicted octanol–water partition coefficient (Wildman–Crippen LogP) is 3.19. The van der Waals surface area contributed by atoms with Crippen molar-refractivity contribution in [3.8, 4) is 17.0 Å². The van der Waals surface area contributed by atoms with E-state index in [1.54, 1.807) is 17.5 Å². The molecule has 0 spiro atoms. The van der Waals surface area contributed by atoms with E-state index >= 15 is 0 Å². The highest BCUT2D eigenvalue weighted by molar-refractivity contribution is 7.07. The van der Waals surface area contributed by atoms with Gasteiger partial charge in [0.2, 0.25) is 5.91 Å². The summed E-state index contributed by atoms with van der Waals surface area (Å²) in [6, 6.07) is 15.3. The van der Waals surface area contributed by atoms with Crippen LogP contribution in [0.15, 0.2) is 59.4 Å². The zero-order chi connectivity index (χ0) is 19.5. The Bertz CT molecular complexity index is 989. The second kappa shape index (κ2) is 7.82. The first-order valence-electron chi connectivity index (χ1n) is 8.85. The molecule has 7 heteroatoms. The molecule has 4 rings (SSSR count). The summed E-state index contributed by atoms with van der Waals surface area (Å²) in [7, 11) is 1.74. The third-order valence-corrected chi connectivity index (χ3v) is 5.20. The summed E-state index contributed by atoms with van der Waals surface area (Å²) in [6.45, 7) is 0.391. The lowest BCUT2D eigenvalue weighted by Gasteiger charge is -2.30. The Balaban J connectivity index is 1.55. The highest BCUT2D eigenvalue weighted by Gasteiger charge is 2.28. The smallest absolute Gasteiger partial charge is 0.265 e. The normalized spacial score (nSPS) is 13.0. The number of fused-ring (bicyclic) bond motifs is 1. The lowest BCUT2D eigenvalue weighted by Crippen LogP contribution is -2.45. The Labute approximate surface area is 167 Å². The van der Waals surface area contributed by atoms with Gasteiger partial charge in [-0.05, 0) is 23.8 Å². The van der Waals surface area contributed by atoms with Crippen molar-refractivity contribution in [3.05, 3.63) is 65.0 Å². The molecule has 2 amide bonds. The minimum absolute atomic E-state index is 0.0287. The maximum absolute atomic E-state index is 12.8. The molecule has 1 aliphatic heterocycles.